The molecule has 0 aliphatic carbocycles. The van der Waals surface area contributed by atoms with Crippen LogP contribution < -0.4 is 10.6 Å². The van der Waals surface area contributed by atoms with Gasteiger partial charge in [-0.15, -0.1) is 0 Å². The minimum Gasteiger partial charge on any atom is -0.384 e. The first-order chi connectivity index (χ1) is 8.17. The molecule has 0 spiro atoms. The first kappa shape index (κ1) is 13.1. The van der Waals surface area contributed by atoms with Crippen molar-refractivity contribution in [3.63, 3.8) is 0 Å². The monoisotopic (exact) mass is 232 g/mol. The van der Waals surface area contributed by atoms with Crippen molar-refractivity contribution in [1.82, 2.24) is 5.32 Å². The van der Waals surface area contributed by atoms with Gasteiger partial charge in [0.25, 0.3) is 0 Å². The quantitative estimate of drug-likeness (QED) is 0.676. The van der Waals surface area contributed by atoms with Gasteiger partial charge in [0.2, 0.25) is 0 Å². The topological polar surface area (TPSA) is 61.4 Å². The van der Waals surface area contributed by atoms with Crippen LogP contribution in [0.3, 0.4) is 0 Å². The molecule has 0 heterocycles. The zero-order valence-corrected chi connectivity index (χ0v) is 10.0. The number of carbonyl (C=O) groups excluding carboxylic acids is 1. The normalized spacial score (nSPS) is 9.12. The fourth-order valence-electron chi connectivity index (χ4n) is 1.35. The van der Waals surface area contributed by atoms with Crippen molar-refractivity contribution in [3.05, 3.63) is 29.3 Å². The van der Waals surface area contributed by atoms with Gasteiger partial charge in [-0.3, -0.25) is 0 Å². The molecule has 0 atom stereocenters. The Bertz CT molecular complexity index is 458. The summed E-state index contributed by atoms with van der Waals surface area (Å²) < 4.78 is 0. The van der Waals surface area contributed by atoms with Crippen LogP contribution in [-0.2, 0) is 0 Å². The van der Waals surface area contributed by atoms with E-state index in [1.807, 2.05) is 19.9 Å². The van der Waals surface area contributed by atoms with E-state index < -0.39 is 0 Å². The first-order valence-electron chi connectivity index (χ1n) is 5.42. The van der Waals surface area contributed by atoms with Gasteiger partial charge >= 0.3 is 6.03 Å². The van der Waals surface area contributed by atoms with E-state index >= 15 is 0 Å². The van der Waals surface area contributed by atoms with Crippen LogP contribution in [0.4, 0.5) is 10.5 Å². The number of aryl methyl sites for hydroxylation is 1. The predicted molar refractivity (Wildman–Crippen MR) is 67.8 cm³/mol. The number of nitrogens with one attached hydrogen (secondary N) is 2. The number of aliphatic hydroxyl groups excluding tert-OH is 1. The van der Waals surface area contributed by atoms with Crippen LogP contribution >= 0.6 is 0 Å². The average molecular weight is 232 g/mol. The molecule has 0 fully saturated rings. The second-order valence-corrected chi connectivity index (χ2v) is 3.47. The fourth-order valence-corrected chi connectivity index (χ4v) is 1.35. The predicted octanol–water partition coefficient (Wildman–Crippen LogP) is 1.48. The van der Waals surface area contributed by atoms with Crippen LogP contribution in [0.15, 0.2) is 18.2 Å². The zero-order valence-electron chi connectivity index (χ0n) is 10.0. The molecule has 1 rings (SSSR count). The summed E-state index contributed by atoms with van der Waals surface area (Å²) in [4.78, 5) is 11.3. The van der Waals surface area contributed by atoms with Crippen molar-refractivity contribution in [3.8, 4) is 11.8 Å². The molecule has 3 N–H and O–H groups in total. The Kier molecular flexibility index (Phi) is 5.05. The Morgan fingerprint density at radius 2 is 2.24 bits per heavy atom. The molecule has 1 aromatic carbocycles. The molecule has 0 saturated heterocycles. The Balaban J connectivity index is 2.79. The van der Waals surface area contributed by atoms with Crippen molar-refractivity contribution in [2.45, 2.75) is 13.8 Å². The molecule has 90 valence electrons. The SMILES string of the molecule is CCNC(=O)Nc1ccc(C#CCO)cc1C. The summed E-state index contributed by atoms with van der Waals surface area (Å²) in [5, 5.41) is 14.0. The summed E-state index contributed by atoms with van der Waals surface area (Å²) in [5.74, 6) is 5.39. The fraction of sp³-hybridized carbons (Fsp3) is 0.308. The van der Waals surface area contributed by atoms with Crippen LogP contribution in [0.1, 0.15) is 18.1 Å². The molecule has 1 aromatic rings. The maximum absolute atomic E-state index is 11.3. The lowest BCUT2D eigenvalue weighted by Crippen LogP contribution is -2.28. The minimum absolute atomic E-state index is 0.155. The van der Waals surface area contributed by atoms with Crippen LogP contribution in [0.2, 0.25) is 0 Å². The second kappa shape index (κ2) is 6.56. The van der Waals surface area contributed by atoms with Crippen molar-refractivity contribution < 1.29 is 9.90 Å². The van der Waals surface area contributed by atoms with E-state index in [-0.39, 0.29) is 12.6 Å². The highest BCUT2D eigenvalue weighted by atomic mass is 16.2. The van der Waals surface area contributed by atoms with E-state index in [1.54, 1.807) is 12.1 Å². The van der Waals surface area contributed by atoms with Crippen LogP contribution in [0.5, 0.6) is 0 Å². The van der Waals surface area contributed by atoms with Gasteiger partial charge in [0.15, 0.2) is 0 Å². The number of rotatable bonds is 2. The highest BCUT2D eigenvalue weighted by Gasteiger charge is 2.03. The third-order valence-corrected chi connectivity index (χ3v) is 2.12. The Morgan fingerprint density at radius 1 is 1.47 bits per heavy atom. The largest absolute Gasteiger partial charge is 0.384 e. The lowest BCUT2D eigenvalue weighted by Gasteiger charge is -2.08. The highest BCUT2D eigenvalue weighted by Crippen LogP contribution is 2.15. The summed E-state index contributed by atoms with van der Waals surface area (Å²) in [5.41, 5.74) is 2.50. The molecule has 0 aliphatic heterocycles. The molecule has 0 saturated carbocycles. The van der Waals surface area contributed by atoms with E-state index in [2.05, 4.69) is 22.5 Å². The molecule has 0 unspecified atom stereocenters. The summed E-state index contributed by atoms with van der Waals surface area (Å²) in [6.07, 6.45) is 0. The molecule has 0 bridgehead atoms. The third-order valence-electron chi connectivity index (χ3n) is 2.12. The van der Waals surface area contributed by atoms with E-state index in [4.69, 9.17) is 5.11 Å². The number of carbonyl (C=O) groups is 1. The van der Waals surface area contributed by atoms with Gasteiger partial charge in [-0.2, -0.15) is 0 Å². The van der Waals surface area contributed by atoms with Crippen molar-refractivity contribution in [1.29, 1.82) is 0 Å². The number of aliphatic hydroxyl groups is 1. The molecular formula is C13H16N2O2. The standard InChI is InChI=1S/C13H16N2O2/c1-3-14-13(17)15-12-7-6-11(5-4-8-16)9-10(12)2/h6-7,9,16H,3,8H2,1-2H3,(H2,14,15,17). The maximum Gasteiger partial charge on any atom is 0.319 e. The van der Waals surface area contributed by atoms with Crippen LogP contribution in [0.25, 0.3) is 0 Å². The van der Waals surface area contributed by atoms with E-state index in [9.17, 15) is 4.79 Å². The number of benzene rings is 1. The summed E-state index contributed by atoms with van der Waals surface area (Å²) >= 11 is 0. The Hall–Kier alpha value is -1.99. The highest BCUT2D eigenvalue weighted by molar-refractivity contribution is 5.90. The molecule has 0 aliphatic rings. The Labute approximate surface area is 101 Å². The summed E-state index contributed by atoms with van der Waals surface area (Å²) in [6, 6.07) is 5.25. The second-order valence-electron chi connectivity index (χ2n) is 3.47. The molecule has 4 nitrogen and oxygen atoms in total. The number of anilines is 1. The van der Waals surface area contributed by atoms with Crippen molar-refractivity contribution in [2.24, 2.45) is 0 Å². The lowest BCUT2D eigenvalue weighted by atomic mass is 10.1. The van der Waals surface area contributed by atoms with Crippen LogP contribution in [-0.4, -0.2) is 24.3 Å². The Morgan fingerprint density at radius 3 is 2.82 bits per heavy atom. The van der Waals surface area contributed by atoms with E-state index in [0.29, 0.717) is 6.54 Å². The molecular weight excluding hydrogens is 216 g/mol. The third kappa shape index (κ3) is 4.17. The zero-order chi connectivity index (χ0) is 12.7. The molecule has 2 amide bonds. The van der Waals surface area contributed by atoms with E-state index in [0.717, 1.165) is 16.8 Å². The lowest BCUT2D eigenvalue weighted by molar-refractivity contribution is 0.252. The molecule has 4 heteroatoms. The number of hydrogen-bond donors (Lipinski definition) is 3. The number of hydrogen-bond acceptors (Lipinski definition) is 2. The first-order valence-corrected chi connectivity index (χ1v) is 5.42. The smallest absolute Gasteiger partial charge is 0.319 e. The minimum atomic E-state index is -0.218. The summed E-state index contributed by atoms with van der Waals surface area (Å²) in [7, 11) is 0. The molecule has 17 heavy (non-hydrogen) atoms. The summed E-state index contributed by atoms with van der Waals surface area (Å²) in [6.45, 7) is 4.19. The van der Waals surface area contributed by atoms with Gasteiger partial charge < -0.3 is 15.7 Å². The van der Waals surface area contributed by atoms with Gasteiger partial charge in [-0.05, 0) is 37.6 Å². The molecule has 0 radical (unpaired) electrons. The van der Waals surface area contributed by atoms with Gasteiger partial charge in [0.05, 0.1) is 0 Å². The average Bonchev–Trinajstić information content (AvgIpc) is 2.30. The number of amides is 2. The van der Waals surface area contributed by atoms with Crippen molar-refractivity contribution in [2.75, 3.05) is 18.5 Å². The van der Waals surface area contributed by atoms with Gasteiger partial charge in [-0.1, -0.05) is 11.8 Å². The van der Waals surface area contributed by atoms with Gasteiger partial charge in [-0.25, -0.2) is 4.79 Å². The van der Waals surface area contributed by atoms with Gasteiger partial charge in [0, 0.05) is 17.8 Å². The van der Waals surface area contributed by atoms with Crippen LogP contribution in [0, 0.1) is 18.8 Å². The van der Waals surface area contributed by atoms with E-state index in [1.165, 1.54) is 0 Å². The molecule has 0 aromatic heterocycles. The van der Waals surface area contributed by atoms with Gasteiger partial charge in [0.1, 0.15) is 6.61 Å². The maximum atomic E-state index is 11.3. The number of urea groups is 1. The van der Waals surface area contributed by atoms with Crippen molar-refractivity contribution >= 4 is 11.7 Å².